The third-order valence-electron chi connectivity index (χ3n) is 2.72. The molecular formula is C14H20O3. The van der Waals surface area contributed by atoms with Crippen LogP contribution in [-0.4, -0.2) is 19.2 Å². The molecule has 1 unspecified atom stereocenters. The van der Waals surface area contributed by atoms with Gasteiger partial charge in [-0.05, 0) is 37.0 Å². The lowest BCUT2D eigenvalue weighted by molar-refractivity contribution is -0.145. The predicted octanol–water partition coefficient (Wildman–Crippen LogP) is 3.14. The molecule has 0 radical (unpaired) electrons. The number of hydrogen-bond acceptors (Lipinski definition) is 3. The van der Waals surface area contributed by atoms with E-state index in [1.54, 1.807) is 6.92 Å². The maximum absolute atomic E-state index is 11.1. The van der Waals surface area contributed by atoms with E-state index in [1.165, 1.54) is 5.56 Å². The lowest BCUT2D eigenvalue weighted by Gasteiger charge is -2.10. The summed E-state index contributed by atoms with van der Waals surface area (Å²) in [6.07, 6.45) is 1.11. The molecule has 0 bridgehead atoms. The van der Waals surface area contributed by atoms with Crippen LogP contribution in [0.2, 0.25) is 0 Å². The third kappa shape index (κ3) is 4.47. The summed E-state index contributed by atoms with van der Waals surface area (Å²) in [5.41, 5.74) is 1.29. The molecule has 0 aromatic heterocycles. The lowest BCUT2D eigenvalue weighted by Crippen LogP contribution is -2.14. The highest BCUT2D eigenvalue weighted by atomic mass is 16.6. The molecule has 1 atom stereocenters. The van der Waals surface area contributed by atoms with Crippen molar-refractivity contribution < 1.29 is 14.3 Å². The van der Waals surface area contributed by atoms with E-state index in [0.29, 0.717) is 18.3 Å². The van der Waals surface area contributed by atoms with Crippen molar-refractivity contribution in [3.05, 3.63) is 29.8 Å². The average molecular weight is 236 g/mol. The summed E-state index contributed by atoms with van der Waals surface area (Å²) >= 11 is 0. The standard InChI is InChI=1S/C14H20O3/c1-4-11(3)12-6-8-13(9-7-12)17-10-14(15)16-5-2/h6-9,11H,4-5,10H2,1-3H3. The van der Waals surface area contributed by atoms with Gasteiger partial charge < -0.3 is 9.47 Å². The Hall–Kier alpha value is -1.51. The molecule has 0 spiro atoms. The van der Waals surface area contributed by atoms with Crippen LogP contribution in [0.1, 0.15) is 38.7 Å². The molecule has 0 aliphatic rings. The van der Waals surface area contributed by atoms with Crippen LogP contribution in [0.4, 0.5) is 0 Å². The fourth-order valence-electron chi connectivity index (χ4n) is 1.47. The highest BCUT2D eigenvalue weighted by Crippen LogP contribution is 2.21. The SMILES string of the molecule is CCOC(=O)COc1ccc(C(C)CC)cc1. The minimum absolute atomic E-state index is 0.0312. The molecule has 94 valence electrons. The van der Waals surface area contributed by atoms with Crippen LogP contribution < -0.4 is 4.74 Å². The van der Waals surface area contributed by atoms with Crippen molar-refractivity contribution in [3.8, 4) is 5.75 Å². The molecule has 0 aliphatic heterocycles. The molecule has 17 heavy (non-hydrogen) atoms. The van der Waals surface area contributed by atoms with Gasteiger partial charge in [0.15, 0.2) is 6.61 Å². The van der Waals surface area contributed by atoms with E-state index in [1.807, 2.05) is 24.3 Å². The summed E-state index contributed by atoms with van der Waals surface area (Å²) in [4.78, 5) is 11.1. The summed E-state index contributed by atoms with van der Waals surface area (Å²) in [6, 6.07) is 7.85. The predicted molar refractivity (Wildman–Crippen MR) is 67.3 cm³/mol. The molecule has 0 amide bonds. The Labute approximate surface area is 103 Å². The van der Waals surface area contributed by atoms with Gasteiger partial charge in [-0.25, -0.2) is 4.79 Å². The first-order chi connectivity index (χ1) is 8.17. The van der Waals surface area contributed by atoms with Crippen LogP contribution in [0.5, 0.6) is 5.75 Å². The highest BCUT2D eigenvalue weighted by molar-refractivity contribution is 5.71. The van der Waals surface area contributed by atoms with Gasteiger partial charge in [0.2, 0.25) is 0 Å². The van der Waals surface area contributed by atoms with Gasteiger partial charge >= 0.3 is 5.97 Å². The molecule has 1 rings (SSSR count). The third-order valence-corrected chi connectivity index (χ3v) is 2.72. The van der Waals surface area contributed by atoms with E-state index in [4.69, 9.17) is 9.47 Å². The average Bonchev–Trinajstić information content (AvgIpc) is 2.36. The van der Waals surface area contributed by atoms with E-state index < -0.39 is 0 Å². The van der Waals surface area contributed by atoms with Gasteiger partial charge in [0.1, 0.15) is 5.75 Å². The number of esters is 1. The second-order valence-electron chi connectivity index (χ2n) is 3.97. The number of carbonyl (C=O) groups excluding carboxylic acids is 1. The van der Waals surface area contributed by atoms with Gasteiger partial charge in [-0.1, -0.05) is 26.0 Å². The lowest BCUT2D eigenvalue weighted by atomic mass is 9.99. The maximum Gasteiger partial charge on any atom is 0.344 e. The minimum atomic E-state index is -0.335. The zero-order valence-corrected chi connectivity index (χ0v) is 10.7. The summed E-state index contributed by atoms with van der Waals surface area (Å²) in [6.45, 7) is 6.48. The largest absolute Gasteiger partial charge is 0.482 e. The summed E-state index contributed by atoms with van der Waals surface area (Å²) in [5, 5.41) is 0. The molecule has 0 saturated carbocycles. The summed E-state index contributed by atoms with van der Waals surface area (Å²) in [7, 11) is 0. The van der Waals surface area contributed by atoms with Crippen molar-refractivity contribution in [1.82, 2.24) is 0 Å². The minimum Gasteiger partial charge on any atom is -0.482 e. The Bertz CT molecular complexity index is 343. The zero-order valence-electron chi connectivity index (χ0n) is 10.7. The number of rotatable bonds is 6. The fraction of sp³-hybridized carbons (Fsp3) is 0.500. The van der Waals surface area contributed by atoms with Crippen LogP contribution in [0.25, 0.3) is 0 Å². The van der Waals surface area contributed by atoms with Crippen molar-refractivity contribution >= 4 is 5.97 Å². The quantitative estimate of drug-likeness (QED) is 0.712. The first-order valence-electron chi connectivity index (χ1n) is 6.05. The van der Waals surface area contributed by atoms with Gasteiger partial charge in [-0.2, -0.15) is 0 Å². The first kappa shape index (κ1) is 13.6. The second-order valence-corrected chi connectivity index (χ2v) is 3.97. The summed E-state index contributed by atoms with van der Waals surface area (Å²) < 4.78 is 10.1. The molecule has 0 heterocycles. The van der Waals surface area contributed by atoms with Crippen LogP contribution >= 0.6 is 0 Å². The van der Waals surface area contributed by atoms with Crippen molar-refractivity contribution in [1.29, 1.82) is 0 Å². The molecule has 0 N–H and O–H groups in total. The molecule has 1 aromatic rings. The number of benzene rings is 1. The highest BCUT2D eigenvalue weighted by Gasteiger charge is 2.05. The van der Waals surface area contributed by atoms with Crippen LogP contribution in [0.15, 0.2) is 24.3 Å². The van der Waals surface area contributed by atoms with Crippen LogP contribution in [-0.2, 0) is 9.53 Å². The monoisotopic (exact) mass is 236 g/mol. The van der Waals surface area contributed by atoms with E-state index in [2.05, 4.69) is 13.8 Å². The van der Waals surface area contributed by atoms with E-state index in [9.17, 15) is 4.79 Å². The van der Waals surface area contributed by atoms with Gasteiger partial charge in [0, 0.05) is 0 Å². The van der Waals surface area contributed by atoms with E-state index >= 15 is 0 Å². The van der Waals surface area contributed by atoms with Gasteiger partial charge in [0.25, 0.3) is 0 Å². The molecule has 0 aliphatic carbocycles. The van der Waals surface area contributed by atoms with E-state index in [0.717, 1.165) is 6.42 Å². The Morgan fingerprint density at radius 1 is 1.24 bits per heavy atom. The van der Waals surface area contributed by atoms with Crippen LogP contribution in [0.3, 0.4) is 0 Å². The molecule has 3 heteroatoms. The normalized spacial score (nSPS) is 11.9. The Balaban J connectivity index is 2.48. The van der Waals surface area contributed by atoms with Gasteiger partial charge in [-0.3, -0.25) is 0 Å². The smallest absolute Gasteiger partial charge is 0.344 e. The van der Waals surface area contributed by atoms with Crippen molar-refractivity contribution in [2.24, 2.45) is 0 Å². The topological polar surface area (TPSA) is 35.5 Å². The number of ether oxygens (including phenoxy) is 2. The van der Waals surface area contributed by atoms with Gasteiger partial charge in [-0.15, -0.1) is 0 Å². The molecule has 0 fully saturated rings. The molecular weight excluding hydrogens is 216 g/mol. The number of carbonyl (C=O) groups is 1. The van der Waals surface area contributed by atoms with Crippen molar-refractivity contribution in [2.45, 2.75) is 33.1 Å². The summed E-state index contributed by atoms with van der Waals surface area (Å²) in [5.74, 6) is 0.915. The van der Waals surface area contributed by atoms with E-state index in [-0.39, 0.29) is 12.6 Å². The maximum atomic E-state index is 11.1. The molecule has 0 saturated heterocycles. The fourth-order valence-corrected chi connectivity index (χ4v) is 1.47. The molecule has 3 nitrogen and oxygen atoms in total. The molecule has 1 aromatic carbocycles. The Kier molecular flexibility index (Phi) is 5.53. The second kappa shape index (κ2) is 6.94. The Morgan fingerprint density at radius 3 is 2.41 bits per heavy atom. The first-order valence-corrected chi connectivity index (χ1v) is 6.05. The Morgan fingerprint density at radius 2 is 1.88 bits per heavy atom. The van der Waals surface area contributed by atoms with Crippen molar-refractivity contribution in [2.75, 3.05) is 13.2 Å². The van der Waals surface area contributed by atoms with Gasteiger partial charge in [0.05, 0.1) is 6.61 Å². The van der Waals surface area contributed by atoms with Crippen molar-refractivity contribution in [3.63, 3.8) is 0 Å². The number of hydrogen-bond donors (Lipinski definition) is 0. The zero-order chi connectivity index (χ0) is 12.7. The van der Waals surface area contributed by atoms with Crippen LogP contribution in [0, 0.1) is 0 Å².